The summed E-state index contributed by atoms with van der Waals surface area (Å²) in [5.41, 5.74) is 1.17. The molecule has 1 aliphatic heterocycles. The highest BCUT2D eigenvalue weighted by molar-refractivity contribution is 7.99. The van der Waals surface area contributed by atoms with Gasteiger partial charge in [-0.25, -0.2) is 0 Å². The van der Waals surface area contributed by atoms with E-state index in [1.54, 1.807) is 0 Å². The monoisotopic (exact) mass is 283 g/mol. The van der Waals surface area contributed by atoms with Crippen molar-refractivity contribution in [3.05, 3.63) is 34.9 Å². The molecule has 0 bridgehead atoms. The van der Waals surface area contributed by atoms with Gasteiger partial charge in [0.1, 0.15) is 0 Å². The molecule has 18 heavy (non-hydrogen) atoms. The number of carbonyl (C=O) groups excluding carboxylic acids is 1. The molecule has 2 nitrogen and oxygen atoms in total. The Bertz CT molecular complexity index is 405. The van der Waals surface area contributed by atoms with E-state index in [-0.39, 0.29) is 11.8 Å². The first-order valence-electron chi connectivity index (χ1n) is 6.35. The van der Waals surface area contributed by atoms with Crippen molar-refractivity contribution < 1.29 is 4.79 Å². The van der Waals surface area contributed by atoms with E-state index in [4.69, 9.17) is 11.6 Å². The van der Waals surface area contributed by atoms with E-state index < -0.39 is 0 Å². The Morgan fingerprint density at radius 1 is 1.39 bits per heavy atom. The molecule has 0 aliphatic carbocycles. The fourth-order valence-electron chi connectivity index (χ4n) is 2.13. The van der Waals surface area contributed by atoms with E-state index in [0.717, 1.165) is 35.8 Å². The minimum absolute atomic E-state index is 0.220. The van der Waals surface area contributed by atoms with Gasteiger partial charge in [0.05, 0.1) is 0 Å². The molecule has 1 aliphatic rings. The van der Waals surface area contributed by atoms with Crippen LogP contribution in [0.2, 0.25) is 5.02 Å². The standard InChI is InChI=1S/C14H18ClNOS/c15-13-3-1-2-11(10-13)4-7-16-14(17)12-5-8-18-9-6-12/h1-3,10,12H,4-9H2,(H,16,17). The average molecular weight is 284 g/mol. The Morgan fingerprint density at radius 3 is 2.89 bits per heavy atom. The summed E-state index contributed by atoms with van der Waals surface area (Å²) in [6.07, 6.45) is 2.88. The van der Waals surface area contributed by atoms with Crippen LogP contribution in [0.5, 0.6) is 0 Å². The Hall–Kier alpha value is -0.670. The number of halogens is 1. The molecule has 0 saturated carbocycles. The largest absolute Gasteiger partial charge is 0.356 e. The summed E-state index contributed by atoms with van der Waals surface area (Å²) in [5, 5.41) is 3.78. The highest BCUT2D eigenvalue weighted by Gasteiger charge is 2.20. The molecule has 4 heteroatoms. The van der Waals surface area contributed by atoms with E-state index in [2.05, 4.69) is 5.32 Å². The number of thioether (sulfide) groups is 1. The highest BCUT2D eigenvalue weighted by atomic mass is 35.5. The lowest BCUT2D eigenvalue weighted by molar-refractivity contribution is -0.125. The van der Waals surface area contributed by atoms with Crippen molar-refractivity contribution >= 4 is 29.3 Å². The Balaban J connectivity index is 1.73. The normalized spacial score (nSPS) is 16.5. The Labute approximate surface area is 117 Å². The van der Waals surface area contributed by atoms with Crippen molar-refractivity contribution in [3.63, 3.8) is 0 Å². The van der Waals surface area contributed by atoms with Gasteiger partial charge in [0.25, 0.3) is 0 Å². The van der Waals surface area contributed by atoms with E-state index >= 15 is 0 Å². The molecule has 0 unspecified atom stereocenters. The zero-order valence-corrected chi connectivity index (χ0v) is 11.9. The topological polar surface area (TPSA) is 29.1 Å². The molecule has 98 valence electrons. The van der Waals surface area contributed by atoms with Gasteiger partial charge in [-0.3, -0.25) is 4.79 Å². The van der Waals surface area contributed by atoms with Crippen molar-refractivity contribution in [2.24, 2.45) is 5.92 Å². The molecule has 1 heterocycles. The van der Waals surface area contributed by atoms with Crippen molar-refractivity contribution in [3.8, 4) is 0 Å². The van der Waals surface area contributed by atoms with Crippen molar-refractivity contribution in [2.45, 2.75) is 19.3 Å². The van der Waals surface area contributed by atoms with E-state index in [9.17, 15) is 4.79 Å². The number of benzene rings is 1. The molecule has 0 atom stereocenters. The smallest absolute Gasteiger partial charge is 0.223 e. The van der Waals surface area contributed by atoms with Gasteiger partial charge in [-0.1, -0.05) is 23.7 Å². The lowest BCUT2D eigenvalue weighted by Crippen LogP contribution is -2.34. The lowest BCUT2D eigenvalue weighted by atomic mass is 10.0. The third-order valence-corrected chi connectivity index (χ3v) is 4.48. The molecule has 1 fully saturated rings. The van der Waals surface area contributed by atoms with Crippen molar-refractivity contribution in [1.29, 1.82) is 0 Å². The summed E-state index contributed by atoms with van der Waals surface area (Å²) in [4.78, 5) is 11.9. The van der Waals surface area contributed by atoms with Gasteiger partial charge in [0.2, 0.25) is 5.91 Å². The lowest BCUT2D eigenvalue weighted by Gasteiger charge is -2.20. The summed E-state index contributed by atoms with van der Waals surface area (Å²) >= 11 is 7.86. The van der Waals surface area contributed by atoms with Crippen LogP contribution in [0.15, 0.2) is 24.3 Å². The summed E-state index contributed by atoms with van der Waals surface area (Å²) in [6.45, 7) is 0.697. The number of amides is 1. The number of hydrogen-bond donors (Lipinski definition) is 1. The van der Waals surface area contributed by atoms with Gasteiger partial charge in [0.15, 0.2) is 0 Å². The zero-order chi connectivity index (χ0) is 12.8. The second kappa shape index (κ2) is 7.05. The van der Waals surface area contributed by atoms with Crippen LogP contribution in [-0.2, 0) is 11.2 Å². The third-order valence-electron chi connectivity index (χ3n) is 3.19. The average Bonchev–Trinajstić information content (AvgIpc) is 2.40. The van der Waals surface area contributed by atoms with E-state index in [0.29, 0.717) is 6.54 Å². The molecule has 1 N–H and O–H groups in total. The molecule has 1 saturated heterocycles. The molecule has 1 aromatic rings. The zero-order valence-electron chi connectivity index (χ0n) is 10.3. The molecule has 0 aromatic heterocycles. The minimum Gasteiger partial charge on any atom is -0.356 e. The summed E-state index contributed by atoms with van der Waals surface area (Å²) in [6, 6.07) is 7.79. The van der Waals surface area contributed by atoms with Crippen LogP contribution in [0.4, 0.5) is 0 Å². The number of rotatable bonds is 4. The maximum absolute atomic E-state index is 11.9. The third kappa shape index (κ3) is 4.21. The van der Waals surface area contributed by atoms with Gasteiger partial charge in [-0.05, 0) is 48.5 Å². The molecular formula is C14H18ClNOS. The van der Waals surface area contributed by atoms with Gasteiger partial charge in [-0.15, -0.1) is 0 Å². The number of carbonyl (C=O) groups is 1. The Kier molecular flexibility index (Phi) is 5.39. The molecular weight excluding hydrogens is 266 g/mol. The fourth-order valence-corrected chi connectivity index (χ4v) is 3.45. The van der Waals surface area contributed by atoms with Crippen molar-refractivity contribution in [1.82, 2.24) is 5.32 Å². The fraction of sp³-hybridized carbons (Fsp3) is 0.500. The minimum atomic E-state index is 0.220. The van der Waals surface area contributed by atoms with Crippen LogP contribution in [-0.4, -0.2) is 24.0 Å². The molecule has 2 rings (SSSR count). The number of nitrogens with one attached hydrogen (secondary N) is 1. The van der Waals surface area contributed by atoms with E-state index in [1.165, 1.54) is 5.56 Å². The first kappa shape index (κ1) is 13.8. The van der Waals surface area contributed by atoms with Gasteiger partial charge in [-0.2, -0.15) is 11.8 Å². The first-order valence-corrected chi connectivity index (χ1v) is 7.89. The predicted octanol–water partition coefficient (Wildman–Crippen LogP) is 3.14. The van der Waals surface area contributed by atoms with Crippen LogP contribution < -0.4 is 5.32 Å². The van der Waals surface area contributed by atoms with Crippen LogP contribution in [0.1, 0.15) is 18.4 Å². The number of hydrogen-bond acceptors (Lipinski definition) is 2. The van der Waals surface area contributed by atoms with Crippen LogP contribution in [0.25, 0.3) is 0 Å². The summed E-state index contributed by atoms with van der Waals surface area (Å²) in [7, 11) is 0. The van der Waals surface area contributed by atoms with Crippen molar-refractivity contribution in [2.75, 3.05) is 18.1 Å². The van der Waals surface area contributed by atoms with Gasteiger partial charge in [0, 0.05) is 17.5 Å². The SMILES string of the molecule is O=C(NCCc1cccc(Cl)c1)C1CCSCC1. The molecule has 1 amide bonds. The quantitative estimate of drug-likeness (QED) is 0.920. The first-order chi connectivity index (χ1) is 8.75. The summed E-state index contributed by atoms with van der Waals surface area (Å²) < 4.78 is 0. The highest BCUT2D eigenvalue weighted by Crippen LogP contribution is 2.22. The second-order valence-electron chi connectivity index (χ2n) is 4.56. The maximum atomic E-state index is 11.9. The van der Waals surface area contributed by atoms with Crippen LogP contribution in [0.3, 0.4) is 0 Å². The van der Waals surface area contributed by atoms with E-state index in [1.807, 2.05) is 36.0 Å². The molecule has 1 aromatic carbocycles. The van der Waals surface area contributed by atoms with Gasteiger partial charge >= 0.3 is 0 Å². The molecule has 0 radical (unpaired) electrons. The second-order valence-corrected chi connectivity index (χ2v) is 6.22. The molecule has 0 spiro atoms. The maximum Gasteiger partial charge on any atom is 0.223 e. The Morgan fingerprint density at radius 2 is 2.17 bits per heavy atom. The van der Waals surface area contributed by atoms with Crippen LogP contribution >= 0.6 is 23.4 Å². The van der Waals surface area contributed by atoms with Gasteiger partial charge < -0.3 is 5.32 Å². The predicted molar refractivity (Wildman–Crippen MR) is 78.2 cm³/mol. The van der Waals surface area contributed by atoms with Crippen LogP contribution in [0, 0.1) is 5.92 Å². The summed E-state index contributed by atoms with van der Waals surface area (Å²) in [5.74, 6) is 2.68.